The molecule has 1 aromatic rings. The minimum absolute atomic E-state index is 0.198. The molecule has 0 aliphatic rings. The highest BCUT2D eigenvalue weighted by Crippen LogP contribution is 2.07. The fraction of sp³-hybridized carbons (Fsp3) is 0.421. The van der Waals surface area contributed by atoms with Crippen LogP contribution in [0, 0.1) is 0 Å². The molecule has 0 saturated heterocycles. The van der Waals surface area contributed by atoms with Crippen LogP contribution in [0.25, 0.3) is 0 Å². The molecule has 6 heteroatoms. The Morgan fingerprint density at radius 2 is 1.76 bits per heavy atom. The molecule has 25 heavy (non-hydrogen) atoms. The number of rotatable bonds is 12. The Labute approximate surface area is 148 Å². The van der Waals surface area contributed by atoms with Gasteiger partial charge in [0.25, 0.3) is 5.91 Å². The minimum atomic E-state index is -0.708. The average Bonchev–Trinajstić information content (AvgIpc) is 2.62. The third-order valence-electron chi connectivity index (χ3n) is 3.78. The zero-order valence-corrected chi connectivity index (χ0v) is 14.5. The van der Waals surface area contributed by atoms with Crippen LogP contribution in [0.4, 0.5) is 0 Å². The summed E-state index contributed by atoms with van der Waals surface area (Å²) in [5.74, 6) is -1.33. The summed E-state index contributed by atoms with van der Waals surface area (Å²) in [5.41, 5.74) is 5.81. The first kappa shape index (κ1) is 20.4. The summed E-state index contributed by atoms with van der Waals surface area (Å²) in [6.45, 7) is 3.48. The number of carbonyl (C=O) groups is 3. The Morgan fingerprint density at radius 1 is 1.08 bits per heavy atom. The maximum absolute atomic E-state index is 11.9. The van der Waals surface area contributed by atoms with Crippen LogP contribution in [0.1, 0.15) is 48.9 Å². The summed E-state index contributed by atoms with van der Waals surface area (Å²) >= 11 is 0. The van der Waals surface area contributed by atoms with Crippen molar-refractivity contribution in [2.45, 2.75) is 44.6 Å². The molecule has 0 aliphatic heterocycles. The molecule has 6 nitrogen and oxygen atoms in total. The van der Waals surface area contributed by atoms with E-state index in [1.54, 1.807) is 30.3 Å². The molecule has 0 fully saturated rings. The summed E-state index contributed by atoms with van der Waals surface area (Å²) in [6, 6.07) is 7.90. The van der Waals surface area contributed by atoms with Crippen LogP contribution in [0.5, 0.6) is 0 Å². The molecular formula is C19H27N3O3. The van der Waals surface area contributed by atoms with Crippen LogP contribution in [0.3, 0.4) is 0 Å². The largest absolute Gasteiger partial charge is 0.368 e. The highest BCUT2D eigenvalue weighted by molar-refractivity contribution is 5.97. The summed E-state index contributed by atoms with van der Waals surface area (Å²) in [4.78, 5) is 35.3. The van der Waals surface area contributed by atoms with Gasteiger partial charge in [0.1, 0.15) is 6.04 Å². The number of unbranched alkanes of at least 4 members (excludes halogenated alkanes) is 4. The van der Waals surface area contributed by atoms with E-state index < -0.39 is 17.9 Å². The smallest absolute Gasteiger partial charge is 0.251 e. The lowest BCUT2D eigenvalue weighted by Crippen LogP contribution is -2.47. The lowest BCUT2D eigenvalue weighted by molar-refractivity contribution is -0.126. The Balaban J connectivity index is 2.31. The number of allylic oxidation sites excluding steroid dienone is 1. The molecule has 0 radical (unpaired) electrons. The van der Waals surface area contributed by atoms with Crippen molar-refractivity contribution in [2.24, 2.45) is 5.73 Å². The van der Waals surface area contributed by atoms with E-state index in [0.29, 0.717) is 12.0 Å². The van der Waals surface area contributed by atoms with Crippen molar-refractivity contribution in [1.82, 2.24) is 10.6 Å². The Hall–Kier alpha value is -2.63. The van der Waals surface area contributed by atoms with Crippen molar-refractivity contribution in [3.05, 3.63) is 48.6 Å². The quantitative estimate of drug-likeness (QED) is 0.398. The number of carbonyl (C=O) groups excluding carboxylic acids is 3. The maximum Gasteiger partial charge on any atom is 0.251 e. The molecule has 4 N–H and O–H groups in total. The minimum Gasteiger partial charge on any atom is -0.368 e. The van der Waals surface area contributed by atoms with E-state index in [1.807, 2.05) is 6.08 Å². The van der Waals surface area contributed by atoms with Gasteiger partial charge in [-0.15, -0.1) is 6.58 Å². The second-order valence-electron chi connectivity index (χ2n) is 5.85. The van der Waals surface area contributed by atoms with E-state index in [0.717, 1.165) is 32.1 Å². The zero-order valence-electron chi connectivity index (χ0n) is 14.5. The molecule has 3 amide bonds. The monoisotopic (exact) mass is 345 g/mol. The number of nitrogens with one attached hydrogen (secondary N) is 2. The maximum atomic E-state index is 11.9. The van der Waals surface area contributed by atoms with E-state index in [1.165, 1.54) is 0 Å². The highest BCUT2D eigenvalue weighted by atomic mass is 16.2. The van der Waals surface area contributed by atoms with Gasteiger partial charge < -0.3 is 16.4 Å². The summed E-state index contributed by atoms with van der Waals surface area (Å²) in [5, 5.41) is 5.10. The Kier molecular flexibility index (Phi) is 9.67. The van der Waals surface area contributed by atoms with Gasteiger partial charge in [0.15, 0.2) is 0 Å². The fourth-order valence-electron chi connectivity index (χ4n) is 2.37. The van der Waals surface area contributed by atoms with Gasteiger partial charge in [-0.05, 0) is 31.4 Å². The van der Waals surface area contributed by atoms with Crippen molar-refractivity contribution in [3.8, 4) is 0 Å². The number of nitrogens with two attached hydrogens (primary N) is 1. The number of hydrogen-bond donors (Lipinski definition) is 3. The summed E-state index contributed by atoms with van der Waals surface area (Å²) < 4.78 is 0. The molecular weight excluding hydrogens is 318 g/mol. The van der Waals surface area contributed by atoms with Gasteiger partial charge in [-0.2, -0.15) is 0 Å². The Bertz CT molecular complexity index is 573. The molecule has 136 valence electrons. The van der Waals surface area contributed by atoms with Gasteiger partial charge >= 0.3 is 0 Å². The molecule has 0 bridgehead atoms. The predicted octanol–water partition coefficient (Wildman–Crippen LogP) is 1.91. The predicted molar refractivity (Wildman–Crippen MR) is 97.8 cm³/mol. The van der Waals surface area contributed by atoms with Crippen LogP contribution in [0.15, 0.2) is 43.0 Å². The van der Waals surface area contributed by atoms with E-state index in [2.05, 4.69) is 17.2 Å². The summed E-state index contributed by atoms with van der Waals surface area (Å²) in [6.07, 6.45) is 7.27. The number of hydrogen-bond acceptors (Lipinski definition) is 3. The zero-order chi connectivity index (χ0) is 18.5. The first-order valence-electron chi connectivity index (χ1n) is 8.57. The van der Waals surface area contributed by atoms with Gasteiger partial charge in [-0.25, -0.2) is 0 Å². The van der Waals surface area contributed by atoms with Gasteiger partial charge in [0, 0.05) is 5.56 Å². The van der Waals surface area contributed by atoms with Crippen LogP contribution in [0.2, 0.25) is 0 Å². The van der Waals surface area contributed by atoms with Crippen LogP contribution < -0.4 is 16.4 Å². The van der Waals surface area contributed by atoms with Crippen molar-refractivity contribution in [1.29, 1.82) is 0 Å². The van der Waals surface area contributed by atoms with Crippen molar-refractivity contribution < 1.29 is 14.4 Å². The molecule has 0 aromatic heterocycles. The van der Waals surface area contributed by atoms with Crippen LogP contribution in [-0.4, -0.2) is 30.3 Å². The molecule has 1 aromatic carbocycles. The first-order valence-corrected chi connectivity index (χ1v) is 8.57. The van der Waals surface area contributed by atoms with E-state index in [9.17, 15) is 14.4 Å². The van der Waals surface area contributed by atoms with Crippen LogP contribution >= 0.6 is 0 Å². The summed E-state index contributed by atoms with van der Waals surface area (Å²) in [7, 11) is 0. The van der Waals surface area contributed by atoms with Crippen molar-refractivity contribution in [3.63, 3.8) is 0 Å². The highest BCUT2D eigenvalue weighted by Gasteiger charge is 2.18. The van der Waals surface area contributed by atoms with E-state index >= 15 is 0 Å². The molecule has 0 saturated carbocycles. The average molecular weight is 345 g/mol. The van der Waals surface area contributed by atoms with E-state index in [-0.39, 0.29) is 12.5 Å². The molecule has 1 rings (SSSR count). The third-order valence-corrected chi connectivity index (χ3v) is 3.78. The van der Waals surface area contributed by atoms with E-state index in [4.69, 9.17) is 5.73 Å². The Morgan fingerprint density at radius 3 is 2.40 bits per heavy atom. The van der Waals surface area contributed by atoms with Crippen molar-refractivity contribution >= 4 is 17.7 Å². The lowest BCUT2D eigenvalue weighted by atomic mass is 10.1. The molecule has 0 heterocycles. The molecule has 0 spiro atoms. The standard InChI is InChI=1S/C19H27N3O3/c1-2-3-4-5-6-10-13-16(18(20)24)22-17(23)14-21-19(25)15-11-8-7-9-12-15/h2,7-9,11-12,16H,1,3-6,10,13-14H2,(H2,20,24)(H,21,25)(H,22,23)/t16-/m1/s1. The van der Waals surface area contributed by atoms with Crippen LogP contribution in [-0.2, 0) is 9.59 Å². The normalized spacial score (nSPS) is 11.4. The number of amides is 3. The molecule has 1 atom stereocenters. The molecule has 0 unspecified atom stereocenters. The third kappa shape index (κ3) is 8.69. The van der Waals surface area contributed by atoms with Crippen molar-refractivity contribution in [2.75, 3.05) is 6.54 Å². The van der Waals surface area contributed by atoms with Gasteiger partial charge in [0.2, 0.25) is 11.8 Å². The van der Waals surface area contributed by atoms with Gasteiger partial charge in [-0.3, -0.25) is 14.4 Å². The number of primary amides is 1. The molecule has 0 aliphatic carbocycles. The topological polar surface area (TPSA) is 101 Å². The number of benzene rings is 1. The second kappa shape index (κ2) is 11.8. The fourth-order valence-corrected chi connectivity index (χ4v) is 2.37. The first-order chi connectivity index (χ1) is 12.0. The van der Waals surface area contributed by atoms with Gasteiger partial charge in [0.05, 0.1) is 6.54 Å². The second-order valence-corrected chi connectivity index (χ2v) is 5.85. The lowest BCUT2D eigenvalue weighted by Gasteiger charge is -2.15. The van der Waals surface area contributed by atoms with Gasteiger partial charge in [-0.1, -0.05) is 43.5 Å². The SMILES string of the molecule is C=CCCCCCC[C@@H](NC(=O)CNC(=O)c1ccccc1)C(N)=O.